The molecule has 0 N–H and O–H groups in total. The molecule has 0 aromatic heterocycles. The van der Waals surface area contributed by atoms with Crippen molar-refractivity contribution in [2.24, 2.45) is 17.8 Å². The first kappa shape index (κ1) is 6.69. The van der Waals surface area contributed by atoms with E-state index in [0.29, 0.717) is 15.9 Å². The van der Waals surface area contributed by atoms with Gasteiger partial charge in [-0.3, -0.25) is 4.79 Å². The molecule has 11 heavy (non-hydrogen) atoms. The molecule has 0 radical (unpaired) electrons. The van der Waals surface area contributed by atoms with Gasteiger partial charge in [0.25, 0.3) is 0 Å². The van der Waals surface area contributed by atoms with E-state index >= 15 is 0 Å². The number of esters is 1. The van der Waals surface area contributed by atoms with E-state index in [0.717, 1.165) is 12.3 Å². The van der Waals surface area contributed by atoms with Crippen LogP contribution in [0.2, 0.25) is 0 Å². The lowest BCUT2D eigenvalue weighted by Crippen LogP contribution is -2.25. The van der Waals surface area contributed by atoms with E-state index in [4.69, 9.17) is 4.74 Å². The molecule has 3 heteroatoms. The highest BCUT2D eigenvalue weighted by molar-refractivity contribution is 14.1. The first-order valence-corrected chi connectivity index (χ1v) is 5.36. The summed E-state index contributed by atoms with van der Waals surface area (Å²) in [6.07, 6.45) is 2.69. The quantitative estimate of drug-likeness (QED) is 0.375. The number of ether oxygens (including phenoxy) is 1. The molecule has 3 fully saturated rings. The van der Waals surface area contributed by atoms with Gasteiger partial charge in [-0.05, 0) is 18.8 Å². The van der Waals surface area contributed by atoms with Crippen LogP contribution in [0.1, 0.15) is 12.8 Å². The Kier molecular flexibility index (Phi) is 1.17. The Morgan fingerprint density at radius 3 is 2.91 bits per heavy atom. The maximum atomic E-state index is 11.3. The van der Waals surface area contributed by atoms with Crippen LogP contribution in [0.15, 0.2) is 0 Å². The van der Waals surface area contributed by atoms with Crippen molar-refractivity contribution < 1.29 is 9.53 Å². The molecular formula is C8H9IO2. The Balaban J connectivity index is 2.05. The van der Waals surface area contributed by atoms with E-state index in [-0.39, 0.29) is 11.9 Å². The molecule has 2 bridgehead atoms. The molecule has 60 valence electrons. The Labute approximate surface area is 78.8 Å². The minimum atomic E-state index is 0.0828. The van der Waals surface area contributed by atoms with Gasteiger partial charge in [0.15, 0.2) is 0 Å². The standard InChI is InChI=1S/C8H9IO2/c9-7-3-1-4-5(2-3)11-8(10)6(4)7/h3-7H,1-2H2. The lowest BCUT2D eigenvalue weighted by Gasteiger charge is -2.18. The van der Waals surface area contributed by atoms with Crippen molar-refractivity contribution in [3.63, 3.8) is 0 Å². The Morgan fingerprint density at radius 1 is 1.45 bits per heavy atom. The first-order chi connectivity index (χ1) is 5.27. The highest BCUT2D eigenvalue weighted by Crippen LogP contribution is 2.57. The highest BCUT2D eigenvalue weighted by Gasteiger charge is 2.61. The molecular weight excluding hydrogens is 255 g/mol. The number of carbonyl (C=O) groups excluding carboxylic acids is 1. The molecule has 2 saturated carbocycles. The summed E-state index contributed by atoms with van der Waals surface area (Å²) in [6.45, 7) is 0. The Morgan fingerprint density at radius 2 is 2.27 bits per heavy atom. The summed E-state index contributed by atoms with van der Waals surface area (Å²) in [5, 5.41) is 0. The number of hydrogen-bond donors (Lipinski definition) is 0. The molecule has 1 saturated heterocycles. The topological polar surface area (TPSA) is 26.3 Å². The minimum absolute atomic E-state index is 0.0828. The molecule has 5 atom stereocenters. The Hall–Kier alpha value is 0.200. The maximum absolute atomic E-state index is 11.3. The second-order valence-corrected chi connectivity index (χ2v) is 5.28. The largest absolute Gasteiger partial charge is 0.462 e. The lowest BCUT2D eigenvalue weighted by molar-refractivity contribution is -0.143. The predicted molar refractivity (Wildman–Crippen MR) is 47.4 cm³/mol. The van der Waals surface area contributed by atoms with Gasteiger partial charge in [-0.25, -0.2) is 0 Å². The second kappa shape index (κ2) is 1.92. The summed E-state index contributed by atoms with van der Waals surface area (Å²) in [4.78, 5) is 11.3. The fourth-order valence-electron chi connectivity index (χ4n) is 2.91. The van der Waals surface area contributed by atoms with E-state index in [1.807, 2.05) is 0 Å². The number of alkyl halides is 1. The van der Waals surface area contributed by atoms with Crippen LogP contribution in [0.3, 0.4) is 0 Å². The fraction of sp³-hybridized carbons (Fsp3) is 0.875. The summed E-state index contributed by atoms with van der Waals surface area (Å²) < 4.78 is 5.84. The van der Waals surface area contributed by atoms with Gasteiger partial charge in [-0.15, -0.1) is 0 Å². The molecule has 1 aliphatic heterocycles. The van der Waals surface area contributed by atoms with Gasteiger partial charge in [0.1, 0.15) is 6.10 Å². The smallest absolute Gasteiger partial charge is 0.310 e. The van der Waals surface area contributed by atoms with Crippen molar-refractivity contribution in [1.29, 1.82) is 0 Å². The lowest BCUT2D eigenvalue weighted by atomic mass is 9.90. The van der Waals surface area contributed by atoms with Crippen molar-refractivity contribution >= 4 is 28.6 Å². The second-order valence-electron chi connectivity index (χ2n) is 3.84. The van der Waals surface area contributed by atoms with E-state index < -0.39 is 0 Å². The van der Waals surface area contributed by atoms with E-state index in [9.17, 15) is 4.79 Å². The number of fused-ring (bicyclic) bond motifs is 1. The minimum Gasteiger partial charge on any atom is -0.462 e. The Bertz CT molecular complexity index is 226. The summed E-state index contributed by atoms with van der Waals surface area (Å²) >= 11 is 2.43. The molecule has 0 amide bonds. The van der Waals surface area contributed by atoms with Gasteiger partial charge in [-0.1, -0.05) is 22.6 Å². The molecule has 0 aromatic rings. The molecule has 0 spiro atoms. The SMILES string of the molecule is O=C1OC2CC3CC2C1C3I. The molecule has 5 unspecified atom stereocenters. The van der Waals surface area contributed by atoms with E-state index in [1.54, 1.807) is 0 Å². The predicted octanol–water partition coefficient (Wildman–Crippen LogP) is 1.37. The number of hydrogen-bond acceptors (Lipinski definition) is 2. The zero-order valence-electron chi connectivity index (χ0n) is 6.00. The van der Waals surface area contributed by atoms with Crippen molar-refractivity contribution in [3.8, 4) is 0 Å². The number of halogens is 1. The molecule has 1 heterocycles. The van der Waals surface area contributed by atoms with Crippen LogP contribution in [0.4, 0.5) is 0 Å². The van der Waals surface area contributed by atoms with Crippen LogP contribution in [0.25, 0.3) is 0 Å². The van der Waals surface area contributed by atoms with Gasteiger partial charge in [0.2, 0.25) is 0 Å². The van der Waals surface area contributed by atoms with Crippen LogP contribution in [-0.4, -0.2) is 16.0 Å². The maximum Gasteiger partial charge on any atom is 0.310 e. The third kappa shape index (κ3) is 0.661. The average molecular weight is 264 g/mol. The van der Waals surface area contributed by atoms with Gasteiger partial charge in [0.05, 0.1) is 5.92 Å². The number of rotatable bonds is 0. The number of carbonyl (C=O) groups is 1. The van der Waals surface area contributed by atoms with Crippen LogP contribution in [0.5, 0.6) is 0 Å². The van der Waals surface area contributed by atoms with Crippen molar-refractivity contribution in [2.45, 2.75) is 22.9 Å². The van der Waals surface area contributed by atoms with E-state index in [1.165, 1.54) is 6.42 Å². The zero-order chi connectivity index (χ0) is 7.59. The van der Waals surface area contributed by atoms with E-state index in [2.05, 4.69) is 22.6 Å². The monoisotopic (exact) mass is 264 g/mol. The van der Waals surface area contributed by atoms with Crippen molar-refractivity contribution in [1.82, 2.24) is 0 Å². The van der Waals surface area contributed by atoms with Gasteiger partial charge in [-0.2, -0.15) is 0 Å². The third-order valence-electron chi connectivity index (χ3n) is 3.38. The van der Waals surface area contributed by atoms with Crippen molar-refractivity contribution in [3.05, 3.63) is 0 Å². The van der Waals surface area contributed by atoms with Gasteiger partial charge in [0, 0.05) is 9.84 Å². The van der Waals surface area contributed by atoms with Crippen molar-refractivity contribution in [2.75, 3.05) is 0 Å². The fourth-order valence-corrected chi connectivity index (χ4v) is 4.32. The molecule has 3 rings (SSSR count). The summed E-state index contributed by atoms with van der Waals surface area (Å²) in [5.41, 5.74) is 0. The normalized spacial score (nSPS) is 58.6. The molecule has 0 aromatic carbocycles. The van der Waals surface area contributed by atoms with Crippen LogP contribution < -0.4 is 0 Å². The highest BCUT2D eigenvalue weighted by atomic mass is 127. The van der Waals surface area contributed by atoms with Crippen LogP contribution in [0, 0.1) is 17.8 Å². The van der Waals surface area contributed by atoms with Crippen LogP contribution in [-0.2, 0) is 9.53 Å². The first-order valence-electron chi connectivity index (χ1n) is 4.12. The molecule has 3 aliphatic rings. The summed E-state index contributed by atoms with van der Waals surface area (Å²) in [6, 6.07) is 0. The van der Waals surface area contributed by atoms with Crippen LogP contribution >= 0.6 is 22.6 Å². The van der Waals surface area contributed by atoms with Gasteiger partial charge < -0.3 is 4.74 Å². The zero-order valence-corrected chi connectivity index (χ0v) is 8.15. The average Bonchev–Trinajstić information content (AvgIpc) is 2.47. The summed E-state index contributed by atoms with van der Waals surface area (Å²) in [7, 11) is 0. The molecule has 2 nitrogen and oxygen atoms in total. The molecule has 2 aliphatic carbocycles. The summed E-state index contributed by atoms with van der Waals surface area (Å²) in [5.74, 6) is 1.72. The van der Waals surface area contributed by atoms with Gasteiger partial charge >= 0.3 is 5.97 Å². The third-order valence-corrected chi connectivity index (χ3v) is 5.17.